The van der Waals surface area contributed by atoms with Crippen LogP contribution in [0.2, 0.25) is 0 Å². The van der Waals surface area contributed by atoms with Crippen LogP contribution in [-0.4, -0.2) is 11.5 Å². The van der Waals surface area contributed by atoms with Crippen LogP contribution in [0.3, 0.4) is 0 Å². The second kappa shape index (κ2) is 5.52. The minimum atomic E-state index is -0.367. The van der Waals surface area contributed by atoms with Crippen molar-refractivity contribution in [2.75, 3.05) is 11.9 Å². The molecule has 1 N–H and O–H groups in total. The highest BCUT2D eigenvalue weighted by Gasteiger charge is 2.22. The lowest BCUT2D eigenvalue weighted by Gasteiger charge is -2.12. The fourth-order valence-electron chi connectivity index (χ4n) is 2.81. The highest BCUT2D eigenvalue weighted by atomic mass is 32.1. The summed E-state index contributed by atoms with van der Waals surface area (Å²) in [6, 6.07) is 6.03. The Bertz CT molecular complexity index is 601. The van der Waals surface area contributed by atoms with Crippen molar-refractivity contribution in [3.05, 3.63) is 45.5 Å². The normalized spacial score (nSPS) is 17.2. The average Bonchev–Trinajstić information content (AvgIpc) is 3.00. The van der Waals surface area contributed by atoms with Crippen molar-refractivity contribution in [1.82, 2.24) is 4.98 Å². The van der Waals surface area contributed by atoms with E-state index in [1.807, 2.05) is 19.1 Å². The molecule has 1 aromatic carbocycles. The van der Waals surface area contributed by atoms with Crippen molar-refractivity contribution < 1.29 is 4.39 Å². The smallest absolute Gasteiger partial charge is 0.183 e. The van der Waals surface area contributed by atoms with E-state index in [4.69, 9.17) is 0 Å². The van der Waals surface area contributed by atoms with Crippen LogP contribution >= 0.6 is 11.3 Å². The molecule has 0 aliphatic heterocycles. The molecular weight excluding hydrogens is 271 g/mol. The molecule has 0 spiro atoms. The van der Waals surface area contributed by atoms with Gasteiger partial charge >= 0.3 is 0 Å². The number of aromatic nitrogens is 1. The number of hydrogen-bond donors (Lipinski definition) is 1. The third kappa shape index (κ3) is 2.57. The summed E-state index contributed by atoms with van der Waals surface area (Å²) in [5, 5.41) is 4.46. The van der Waals surface area contributed by atoms with Crippen LogP contribution in [0.15, 0.2) is 18.2 Å². The molecule has 20 heavy (non-hydrogen) atoms. The zero-order valence-corrected chi connectivity index (χ0v) is 12.7. The Balaban J connectivity index is 1.69. The van der Waals surface area contributed by atoms with Gasteiger partial charge in [-0.25, -0.2) is 9.37 Å². The van der Waals surface area contributed by atoms with E-state index in [1.165, 1.54) is 16.0 Å². The summed E-state index contributed by atoms with van der Waals surface area (Å²) >= 11 is 1.71. The fraction of sp³-hybridized carbons (Fsp3) is 0.438. The van der Waals surface area contributed by atoms with Gasteiger partial charge in [-0.2, -0.15) is 0 Å². The molecule has 106 valence electrons. The molecule has 1 atom stereocenters. The number of nitrogens with one attached hydrogen (secondary N) is 1. The van der Waals surface area contributed by atoms with Crippen LogP contribution in [0.4, 0.5) is 9.52 Å². The van der Waals surface area contributed by atoms with Crippen molar-refractivity contribution in [2.45, 2.75) is 39.3 Å². The van der Waals surface area contributed by atoms with Gasteiger partial charge in [0.25, 0.3) is 0 Å². The molecule has 0 amide bonds. The van der Waals surface area contributed by atoms with Gasteiger partial charge in [-0.1, -0.05) is 18.2 Å². The summed E-state index contributed by atoms with van der Waals surface area (Å²) in [6.07, 6.45) is 2.20. The Morgan fingerprint density at radius 3 is 2.95 bits per heavy atom. The van der Waals surface area contributed by atoms with Gasteiger partial charge in [0.1, 0.15) is 6.67 Å². The number of hydrogen-bond acceptors (Lipinski definition) is 3. The molecule has 1 aromatic heterocycles. The van der Waals surface area contributed by atoms with Gasteiger partial charge in [0, 0.05) is 17.3 Å². The average molecular weight is 290 g/mol. The first kappa shape index (κ1) is 13.6. The number of fused-ring (bicyclic) bond motifs is 1. The second-order valence-electron chi connectivity index (χ2n) is 5.44. The number of benzene rings is 1. The van der Waals surface area contributed by atoms with Crippen molar-refractivity contribution in [3.63, 3.8) is 0 Å². The van der Waals surface area contributed by atoms with E-state index in [1.54, 1.807) is 11.3 Å². The maximum absolute atomic E-state index is 12.7. The number of anilines is 1. The molecule has 0 fully saturated rings. The fourth-order valence-corrected chi connectivity index (χ4v) is 3.63. The van der Waals surface area contributed by atoms with Crippen molar-refractivity contribution in [1.29, 1.82) is 0 Å². The number of alkyl halides is 1. The first-order chi connectivity index (χ1) is 9.67. The van der Waals surface area contributed by atoms with Gasteiger partial charge < -0.3 is 5.32 Å². The minimum Gasteiger partial charge on any atom is -0.361 e. The van der Waals surface area contributed by atoms with E-state index < -0.39 is 0 Å². The number of rotatable bonds is 4. The van der Waals surface area contributed by atoms with Gasteiger partial charge in [0.15, 0.2) is 5.13 Å². The van der Waals surface area contributed by atoms with Crippen molar-refractivity contribution in [2.24, 2.45) is 0 Å². The summed E-state index contributed by atoms with van der Waals surface area (Å²) in [4.78, 5) is 5.78. The zero-order valence-electron chi connectivity index (χ0n) is 11.9. The summed E-state index contributed by atoms with van der Waals surface area (Å²) in [6.45, 7) is 4.68. The lowest BCUT2D eigenvalue weighted by Crippen LogP contribution is -2.10. The first-order valence-electron chi connectivity index (χ1n) is 7.03. The van der Waals surface area contributed by atoms with Gasteiger partial charge in [0.2, 0.25) is 0 Å². The Hall–Kier alpha value is -1.42. The summed E-state index contributed by atoms with van der Waals surface area (Å²) in [5.74, 6) is 0.517. The Labute approximate surface area is 123 Å². The maximum atomic E-state index is 12.7. The number of thiazole rings is 1. The van der Waals surface area contributed by atoms with Crippen LogP contribution in [-0.2, 0) is 13.1 Å². The largest absolute Gasteiger partial charge is 0.361 e. The van der Waals surface area contributed by atoms with Crippen LogP contribution in [0.1, 0.15) is 39.6 Å². The standard InChI is InChI=1S/C16H19FN2S/c1-10-11(2)20-16(19-10)18-9-14-5-4-13-7-12(8-17)3-6-15(13)14/h3,6-7,14H,4-5,8-9H2,1-2H3,(H,18,19). The molecule has 0 radical (unpaired) electrons. The van der Waals surface area contributed by atoms with Crippen molar-refractivity contribution in [3.8, 4) is 0 Å². The lowest BCUT2D eigenvalue weighted by atomic mass is 10.00. The molecule has 0 bridgehead atoms. The first-order valence-corrected chi connectivity index (χ1v) is 7.84. The molecule has 4 heteroatoms. The molecule has 1 heterocycles. The number of nitrogens with zero attached hydrogens (tertiary/aromatic N) is 1. The van der Waals surface area contributed by atoms with Crippen LogP contribution in [0.5, 0.6) is 0 Å². The maximum Gasteiger partial charge on any atom is 0.183 e. The summed E-state index contributed by atoms with van der Waals surface area (Å²) in [7, 11) is 0. The van der Waals surface area contributed by atoms with E-state index >= 15 is 0 Å². The van der Waals surface area contributed by atoms with Crippen LogP contribution < -0.4 is 5.32 Å². The molecular formula is C16H19FN2S. The van der Waals surface area contributed by atoms with Crippen molar-refractivity contribution >= 4 is 16.5 Å². The number of halogens is 1. The van der Waals surface area contributed by atoms with Crippen LogP contribution in [0.25, 0.3) is 0 Å². The quantitative estimate of drug-likeness (QED) is 0.904. The van der Waals surface area contributed by atoms with Gasteiger partial charge in [-0.15, -0.1) is 11.3 Å². The molecule has 0 saturated heterocycles. The third-order valence-electron chi connectivity index (χ3n) is 4.09. The predicted molar refractivity (Wildman–Crippen MR) is 82.4 cm³/mol. The molecule has 0 saturated carbocycles. The van der Waals surface area contributed by atoms with E-state index in [-0.39, 0.29) is 6.67 Å². The molecule has 2 nitrogen and oxygen atoms in total. The molecule has 2 aromatic rings. The van der Waals surface area contributed by atoms with Crippen LogP contribution in [0, 0.1) is 13.8 Å². The molecule has 3 rings (SSSR count). The van der Waals surface area contributed by atoms with E-state index in [2.05, 4.69) is 23.3 Å². The summed E-state index contributed by atoms with van der Waals surface area (Å²) < 4.78 is 12.7. The summed E-state index contributed by atoms with van der Waals surface area (Å²) in [5.41, 5.74) is 4.60. The third-order valence-corrected chi connectivity index (χ3v) is 5.12. The van der Waals surface area contributed by atoms with Gasteiger partial charge in [-0.3, -0.25) is 0 Å². The highest BCUT2D eigenvalue weighted by molar-refractivity contribution is 7.15. The van der Waals surface area contributed by atoms with E-state index in [0.29, 0.717) is 5.92 Å². The molecule has 1 aliphatic carbocycles. The zero-order chi connectivity index (χ0) is 14.1. The second-order valence-corrected chi connectivity index (χ2v) is 6.65. The minimum absolute atomic E-state index is 0.367. The lowest BCUT2D eigenvalue weighted by molar-refractivity contribution is 0.485. The predicted octanol–water partition coefficient (Wildman–Crippen LogP) is 4.37. The van der Waals surface area contributed by atoms with E-state index in [9.17, 15) is 4.39 Å². The molecule has 1 aliphatic rings. The Morgan fingerprint density at radius 1 is 1.40 bits per heavy atom. The number of aryl methyl sites for hydroxylation is 3. The topological polar surface area (TPSA) is 24.9 Å². The van der Waals surface area contributed by atoms with Gasteiger partial charge in [-0.05, 0) is 43.4 Å². The SMILES string of the molecule is Cc1nc(NCC2CCc3cc(CF)ccc32)sc1C. The Kier molecular flexibility index (Phi) is 3.74. The van der Waals surface area contributed by atoms with E-state index in [0.717, 1.165) is 35.8 Å². The van der Waals surface area contributed by atoms with Gasteiger partial charge in [0.05, 0.1) is 5.69 Å². The molecule has 1 unspecified atom stereocenters. The highest BCUT2D eigenvalue weighted by Crippen LogP contribution is 2.34. The Morgan fingerprint density at radius 2 is 2.25 bits per heavy atom. The monoisotopic (exact) mass is 290 g/mol.